The number of hydrogen-bond donors (Lipinski definition) is 0. The molecule has 15 heavy (non-hydrogen) atoms. The lowest BCUT2D eigenvalue weighted by atomic mass is 9.78. The van der Waals surface area contributed by atoms with Crippen LogP contribution in [0.25, 0.3) is 0 Å². The lowest BCUT2D eigenvalue weighted by Gasteiger charge is -2.27. The third kappa shape index (κ3) is 3.39. The Balaban J connectivity index is 2.40. The van der Waals surface area contributed by atoms with Crippen molar-refractivity contribution in [3.63, 3.8) is 0 Å². The Hall–Kier alpha value is -1.31. The standard InChI is InChI=1S/C13H18O2/c1-4-15-13(14)9-8-10(2)11(3)12-6-5-7-12/h8-9,12H,2-7H2,1H3. The van der Waals surface area contributed by atoms with Crippen LogP contribution in [0.1, 0.15) is 26.2 Å². The summed E-state index contributed by atoms with van der Waals surface area (Å²) in [5.74, 6) is 0.254. The summed E-state index contributed by atoms with van der Waals surface area (Å²) in [5, 5.41) is 0. The molecule has 0 amide bonds. The molecule has 0 radical (unpaired) electrons. The number of carbonyl (C=O) groups is 1. The van der Waals surface area contributed by atoms with Crippen LogP contribution in [0.2, 0.25) is 0 Å². The van der Waals surface area contributed by atoms with Crippen molar-refractivity contribution < 1.29 is 9.53 Å². The summed E-state index contributed by atoms with van der Waals surface area (Å²) in [6, 6.07) is 0. The molecule has 0 heterocycles. The molecule has 0 aromatic heterocycles. The zero-order valence-corrected chi connectivity index (χ0v) is 9.29. The molecule has 0 saturated heterocycles. The van der Waals surface area contributed by atoms with Crippen molar-refractivity contribution in [2.24, 2.45) is 5.92 Å². The number of ether oxygens (including phenoxy) is 1. The molecular formula is C13H18O2. The number of hydrogen-bond acceptors (Lipinski definition) is 2. The molecule has 1 aliphatic carbocycles. The van der Waals surface area contributed by atoms with E-state index in [1.54, 1.807) is 13.0 Å². The molecule has 1 fully saturated rings. The van der Waals surface area contributed by atoms with Crippen LogP contribution in [-0.4, -0.2) is 12.6 Å². The highest BCUT2D eigenvalue weighted by Gasteiger charge is 2.20. The summed E-state index contributed by atoms with van der Waals surface area (Å²) in [6.07, 6.45) is 6.78. The quantitative estimate of drug-likeness (QED) is 0.392. The van der Waals surface area contributed by atoms with E-state index in [2.05, 4.69) is 13.2 Å². The Morgan fingerprint density at radius 3 is 2.53 bits per heavy atom. The van der Waals surface area contributed by atoms with E-state index in [0.29, 0.717) is 12.5 Å². The third-order valence-corrected chi connectivity index (χ3v) is 2.72. The zero-order valence-electron chi connectivity index (χ0n) is 9.29. The maximum Gasteiger partial charge on any atom is 0.330 e. The Morgan fingerprint density at radius 2 is 2.07 bits per heavy atom. The second-order valence-electron chi connectivity index (χ2n) is 3.76. The minimum Gasteiger partial charge on any atom is -0.463 e. The van der Waals surface area contributed by atoms with Gasteiger partial charge in [0.25, 0.3) is 0 Å². The lowest BCUT2D eigenvalue weighted by molar-refractivity contribution is -0.137. The molecule has 0 atom stereocenters. The summed E-state index contributed by atoms with van der Waals surface area (Å²) in [4.78, 5) is 11.0. The Bertz CT molecular complexity index is 296. The second kappa shape index (κ2) is 5.54. The van der Waals surface area contributed by atoms with Gasteiger partial charge in [0.1, 0.15) is 0 Å². The molecule has 2 heteroatoms. The number of carbonyl (C=O) groups excluding carboxylic acids is 1. The monoisotopic (exact) mass is 206 g/mol. The van der Waals surface area contributed by atoms with Gasteiger partial charge >= 0.3 is 5.97 Å². The van der Waals surface area contributed by atoms with Crippen LogP contribution in [0.5, 0.6) is 0 Å². The van der Waals surface area contributed by atoms with E-state index < -0.39 is 0 Å². The molecule has 1 rings (SSSR count). The molecule has 0 aromatic carbocycles. The molecule has 1 aliphatic rings. The fourth-order valence-corrected chi connectivity index (χ4v) is 1.48. The Labute approximate surface area is 91.3 Å². The van der Waals surface area contributed by atoms with E-state index in [1.165, 1.54) is 25.3 Å². The first-order chi connectivity index (χ1) is 7.15. The van der Waals surface area contributed by atoms with Crippen molar-refractivity contribution in [3.05, 3.63) is 36.5 Å². The van der Waals surface area contributed by atoms with E-state index in [4.69, 9.17) is 4.74 Å². The average molecular weight is 206 g/mol. The number of esters is 1. The summed E-state index contributed by atoms with van der Waals surface area (Å²) in [7, 11) is 0. The van der Waals surface area contributed by atoms with Crippen LogP contribution in [0.15, 0.2) is 36.5 Å². The van der Waals surface area contributed by atoms with Crippen LogP contribution in [0, 0.1) is 5.92 Å². The number of allylic oxidation sites excluding steroid dienone is 3. The molecule has 0 unspecified atom stereocenters. The summed E-state index contributed by atoms with van der Waals surface area (Å²) >= 11 is 0. The van der Waals surface area contributed by atoms with Crippen molar-refractivity contribution in [1.82, 2.24) is 0 Å². The third-order valence-electron chi connectivity index (χ3n) is 2.72. The van der Waals surface area contributed by atoms with Crippen LogP contribution < -0.4 is 0 Å². The first kappa shape index (κ1) is 11.8. The van der Waals surface area contributed by atoms with Crippen molar-refractivity contribution in [2.75, 3.05) is 6.61 Å². The second-order valence-corrected chi connectivity index (χ2v) is 3.76. The van der Waals surface area contributed by atoms with Gasteiger partial charge in [-0.05, 0) is 42.9 Å². The predicted molar refractivity (Wildman–Crippen MR) is 61.4 cm³/mol. The van der Waals surface area contributed by atoms with Gasteiger partial charge < -0.3 is 4.74 Å². The van der Waals surface area contributed by atoms with Gasteiger partial charge in [0, 0.05) is 6.08 Å². The van der Waals surface area contributed by atoms with Gasteiger partial charge in [0.2, 0.25) is 0 Å². The molecule has 0 aromatic rings. The molecule has 2 nitrogen and oxygen atoms in total. The highest BCUT2D eigenvalue weighted by Crippen LogP contribution is 2.35. The highest BCUT2D eigenvalue weighted by atomic mass is 16.5. The van der Waals surface area contributed by atoms with Crippen LogP contribution in [-0.2, 0) is 9.53 Å². The molecule has 0 N–H and O–H groups in total. The topological polar surface area (TPSA) is 26.3 Å². The van der Waals surface area contributed by atoms with Crippen LogP contribution >= 0.6 is 0 Å². The predicted octanol–water partition coefficient (Wildman–Crippen LogP) is 3.02. The van der Waals surface area contributed by atoms with Gasteiger partial charge in [0.05, 0.1) is 6.61 Å². The summed E-state index contributed by atoms with van der Waals surface area (Å²) in [6.45, 7) is 10.1. The fraction of sp³-hybridized carbons (Fsp3) is 0.462. The fourth-order valence-electron chi connectivity index (χ4n) is 1.48. The minimum absolute atomic E-state index is 0.319. The molecule has 82 valence electrons. The van der Waals surface area contributed by atoms with E-state index in [9.17, 15) is 4.79 Å². The maximum atomic E-state index is 11.0. The molecule has 0 aliphatic heterocycles. The van der Waals surface area contributed by atoms with Crippen molar-refractivity contribution in [1.29, 1.82) is 0 Å². The number of rotatable bonds is 5. The van der Waals surface area contributed by atoms with E-state index in [1.807, 2.05) is 0 Å². The van der Waals surface area contributed by atoms with Gasteiger partial charge in [-0.15, -0.1) is 0 Å². The molecule has 0 spiro atoms. The average Bonchev–Trinajstić information content (AvgIpc) is 2.11. The SMILES string of the molecule is C=C(C=CC(=O)OCC)C(=C)C1CCC1. The van der Waals surface area contributed by atoms with Crippen molar-refractivity contribution in [3.8, 4) is 0 Å². The van der Waals surface area contributed by atoms with Crippen molar-refractivity contribution in [2.45, 2.75) is 26.2 Å². The summed E-state index contributed by atoms with van der Waals surface area (Å²) < 4.78 is 4.78. The first-order valence-corrected chi connectivity index (χ1v) is 5.38. The first-order valence-electron chi connectivity index (χ1n) is 5.38. The van der Waals surface area contributed by atoms with Gasteiger partial charge in [-0.1, -0.05) is 19.6 Å². The largest absolute Gasteiger partial charge is 0.463 e. The minimum atomic E-state index is -0.319. The van der Waals surface area contributed by atoms with Gasteiger partial charge in [0.15, 0.2) is 0 Å². The van der Waals surface area contributed by atoms with E-state index in [0.717, 1.165) is 11.1 Å². The Morgan fingerprint density at radius 1 is 1.40 bits per heavy atom. The van der Waals surface area contributed by atoms with Gasteiger partial charge in [-0.2, -0.15) is 0 Å². The highest BCUT2D eigenvalue weighted by molar-refractivity contribution is 5.82. The normalized spacial score (nSPS) is 16.1. The molecule has 1 saturated carbocycles. The maximum absolute atomic E-state index is 11.0. The van der Waals surface area contributed by atoms with E-state index in [-0.39, 0.29) is 5.97 Å². The van der Waals surface area contributed by atoms with Gasteiger partial charge in [-0.25, -0.2) is 4.79 Å². The van der Waals surface area contributed by atoms with Crippen LogP contribution in [0.3, 0.4) is 0 Å². The molecular weight excluding hydrogens is 188 g/mol. The summed E-state index contributed by atoms with van der Waals surface area (Å²) in [5.41, 5.74) is 1.90. The zero-order chi connectivity index (χ0) is 11.3. The van der Waals surface area contributed by atoms with E-state index >= 15 is 0 Å². The smallest absolute Gasteiger partial charge is 0.330 e. The van der Waals surface area contributed by atoms with Gasteiger partial charge in [-0.3, -0.25) is 0 Å². The lowest BCUT2D eigenvalue weighted by Crippen LogP contribution is -2.13. The van der Waals surface area contributed by atoms with Crippen molar-refractivity contribution >= 4 is 5.97 Å². The van der Waals surface area contributed by atoms with Crippen LogP contribution in [0.4, 0.5) is 0 Å². The Kier molecular flexibility index (Phi) is 4.35. The molecule has 0 bridgehead atoms.